The largest absolute Gasteiger partial charge is 0.367 e. The van der Waals surface area contributed by atoms with Crippen molar-refractivity contribution in [1.82, 2.24) is 19.6 Å². The van der Waals surface area contributed by atoms with Crippen molar-refractivity contribution in [2.75, 3.05) is 16.9 Å². The van der Waals surface area contributed by atoms with Crippen molar-refractivity contribution < 1.29 is 8.42 Å². The molecule has 0 amide bonds. The number of aromatic nitrogens is 4. The topological polar surface area (TPSA) is 127 Å². The van der Waals surface area contributed by atoms with Crippen LogP contribution in [0.15, 0.2) is 41.6 Å². The van der Waals surface area contributed by atoms with E-state index in [0.717, 1.165) is 42.9 Å². The summed E-state index contributed by atoms with van der Waals surface area (Å²) < 4.78 is 24.9. The van der Waals surface area contributed by atoms with Gasteiger partial charge in [-0.3, -0.25) is 0 Å². The van der Waals surface area contributed by atoms with Gasteiger partial charge in [0, 0.05) is 31.0 Å². The maximum Gasteiger partial charge on any atom is 0.256 e. The van der Waals surface area contributed by atoms with Gasteiger partial charge in [-0.2, -0.15) is 19.6 Å². The van der Waals surface area contributed by atoms with Gasteiger partial charge in [0.1, 0.15) is 18.0 Å². The molecule has 1 saturated carbocycles. The number of rotatable bonds is 6. The zero-order valence-corrected chi connectivity index (χ0v) is 17.1. The first-order valence-corrected chi connectivity index (χ1v) is 11.5. The van der Waals surface area contributed by atoms with Crippen LogP contribution in [0.2, 0.25) is 0 Å². The minimum atomic E-state index is -3.20. The van der Waals surface area contributed by atoms with Gasteiger partial charge in [-0.15, -0.1) is 0 Å². The first kappa shape index (κ1) is 19.6. The molecule has 0 spiro atoms. The summed E-state index contributed by atoms with van der Waals surface area (Å²) in [6.07, 6.45) is 6.75. The highest BCUT2D eigenvalue weighted by molar-refractivity contribution is 7.90. The monoisotopic (exact) mass is 415 g/mol. The predicted molar refractivity (Wildman–Crippen MR) is 112 cm³/mol. The van der Waals surface area contributed by atoms with Crippen LogP contribution in [0.25, 0.3) is 5.78 Å². The van der Waals surface area contributed by atoms with Crippen molar-refractivity contribution in [3.8, 4) is 0 Å². The van der Waals surface area contributed by atoms with Gasteiger partial charge < -0.3 is 16.4 Å². The van der Waals surface area contributed by atoms with Crippen molar-refractivity contribution in [2.24, 2.45) is 5.73 Å². The molecule has 0 atom stereocenters. The number of benzene rings is 1. The van der Waals surface area contributed by atoms with E-state index in [1.165, 1.54) is 12.6 Å². The molecule has 0 aliphatic heterocycles. The molecule has 29 heavy (non-hydrogen) atoms. The molecule has 1 aromatic carbocycles. The number of nitrogens with zero attached hydrogens (tertiary/aromatic N) is 4. The molecule has 154 valence electrons. The number of anilines is 2. The third-order valence-electron chi connectivity index (χ3n) is 5.20. The Morgan fingerprint density at radius 1 is 1.17 bits per heavy atom. The molecular weight excluding hydrogens is 390 g/mol. The molecule has 0 bridgehead atoms. The number of nitrogens with one attached hydrogen (secondary N) is 2. The van der Waals surface area contributed by atoms with Crippen LogP contribution in [0.3, 0.4) is 0 Å². The van der Waals surface area contributed by atoms with Gasteiger partial charge in [0.05, 0.1) is 4.90 Å². The number of fused-ring (bicyclic) bond motifs is 1. The van der Waals surface area contributed by atoms with Gasteiger partial charge in [-0.25, -0.2) is 8.42 Å². The second-order valence-corrected chi connectivity index (χ2v) is 9.54. The molecule has 0 saturated heterocycles. The summed E-state index contributed by atoms with van der Waals surface area (Å²) in [5, 5.41) is 11.1. The Balaban J connectivity index is 1.50. The lowest BCUT2D eigenvalue weighted by Crippen LogP contribution is -2.33. The lowest BCUT2D eigenvalue weighted by Gasteiger charge is -2.27. The summed E-state index contributed by atoms with van der Waals surface area (Å²) in [7, 11) is -3.20. The fourth-order valence-electron chi connectivity index (χ4n) is 3.53. The van der Waals surface area contributed by atoms with E-state index in [9.17, 15) is 8.42 Å². The van der Waals surface area contributed by atoms with E-state index in [2.05, 4.69) is 25.7 Å². The SMILES string of the molecule is CS(=O)(=O)c1ccc(CNc2cc(NC3CCC(N)CC3)nc3ncnn23)cc1. The van der Waals surface area contributed by atoms with E-state index < -0.39 is 9.84 Å². The maximum absolute atomic E-state index is 11.6. The van der Waals surface area contributed by atoms with Crippen molar-refractivity contribution in [2.45, 2.75) is 49.2 Å². The quantitative estimate of drug-likeness (QED) is 0.556. The average Bonchev–Trinajstić information content (AvgIpc) is 3.16. The molecule has 2 aromatic heterocycles. The standard InChI is InChI=1S/C19H25N7O2S/c1-29(27,28)16-8-2-13(3-9-16)11-21-18-10-17(25-19-22-12-23-26(18)19)24-15-6-4-14(20)5-7-15/h2-3,8-10,12,14-15,21H,4-7,11,20H2,1H3,(H,22,23,24,25). The molecule has 1 fully saturated rings. The van der Waals surface area contributed by atoms with E-state index >= 15 is 0 Å². The average molecular weight is 416 g/mol. The van der Waals surface area contributed by atoms with E-state index in [0.29, 0.717) is 29.3 Å². The molecule has 3 aromatic rings. The summed E-state index contributed by atoms with van der Waals surface area (Å²) >= 11 is 0. The lowest BCUT2D eigenvalue weighted by atomic mass is 9.92. The molecule has 4 rings (SSSR count). The molecule has 9 nitrogen and oxygen atoms in total. The Morgan fingerprint density at radius 2 is 1.90 bits per heavy atom. The highest BCUT2D eigenvalue weighted by atomic mass is 32.2. The van der Waals surface area contributed by atoms with Crippen LogP contribution in [0.1, 0.15) is 31.2 Å². The van der Waals surface area contributed by atoms with Crippen LogP contribution < -0.4 is 16.4 Å². The highest BCUT2D eigenvalue weighted by Crippen LogP contribution is 2.22. The van der Waals surface area contributed by atoms with Crippen molar-refractivity contribution in [3.63, 3.8) is 0 Å². The van der Waals surface area contributed by atoms with Gasteiger partial charge in [0.15, 0.2) is 9.84 Å². The highest BCUT2D eigenvalue weighted by Gasteiger charge is 2.19. The Kier molecular flexibility index (Phi) is 5.37. The summed E-state index contributed by atoms with van der Waals surface area (Å²) in [6, 6.07) is 9.40. The van der Waals surface area contributed by atoms with E-state index in [4.69, 9.17) is 5.73 Å². The number of hydrogen-bond donors (Lipinski definition) is 3. The van der Waals surface area contributed by atoms with Crippen LogP contribution >= 0.6 is 0 Å². The van der Waals surface area contributed by atoms with Gasteiger partial charge in [0.25, 0.3) is 5.78 Å². The van der Waals surface area contributed by atoms with Crippen molar-refractivity contribution >= 4 is 27.3 Å². The third kappa shape index (κ3) is 4.65. The van der Waals surface area contributed by atoms with E-state index in [-0.39, 0.29) is 0 Å². The molecule has 1 aliphatic rings. The first-order chi connectivity index (χ1) is 13.9. The Labute approximate surface area is 169 Å². The smallest absolute Gasteiger partial charge is 0.256 e. The molecule has 2 heterocycles. The normalized spacial score (nSPS) is 19.9. The van der Waals surface area contributed by atoms with Gasteiger partial charge in [-0.1, -0.05) is 12.1 Å². The molecular formula is C19H25N7O2S. The summed E-state index contributed by atoms with van der Waals surface area (Å²) in [6.45, 7) is 0.515. The fourth-order valence-corrected chi connectivity index (χ4v) is 4.16. The second kappa shape index (κ2) is 7.96. The number of sulfone groups is 1. The van der Waals surface area contributed by atoms with Crippen molar-refractivity contribution in [1.29, 1.82) is 0 Å². The lowest BCUT2D eigenvalue weighted by molar-refractivity contribution is 0.410. The first-order valence-electron chi connectivity index (χ1n) is 9.64. The van der Waals surface area contributed by atoms with Gasteiger partial charge in [-0.05, 0) is 43.4 Å². The van der Waals surface area contributed by atoms with Crippen LogP contribution in [0, 0.1) is 0 Å². The van der Waals surface area contributed by atoms with Crippen LogP contribution in [0.4, 0.5) is 11.6 Å². The Morgan fingerprint density at radius 3 is 2.59 bits per heavy atom. The molecule has 1 aliphatic carbocycles. The predicted octanol–water partition coefficient (Wildman–Crippen LogP) is 1.82. The zero-order chi connectivity index (χ0) is 20.4. The minimum absolute atomic E-state index is 0.297. The summed E-state index contributed by atoms with van der Waals surface area (Å²) in [5.41, 5.74) is 6.95. The maximum atomic E-state index is 11.6. The van der Waals surface area contributed by atoms with Gasteiger partial charge >= 0.3 is 0 Å². The Hall–Kier alpha value is -2.72. The van der Waals surface area contributed by atoms with E-state index in [1.54, 1.807) is 28.8 Å². The molecule has 10 heteroatoms. The zero-order valence-electron chi connectivity index (χ0n) is 16.2. The summed E-state index contributed by atoms with van der Waals surface area (Å²) in [5.74, 6) is 2.02. The van der Waals surface area contributed by atoms with Gasteiger partial charge in [0.2, 0.25) is 0 Å². The number of nitrogens with two attached hydrogens (primary N) is 1. The fraction of sp³-hybridized carbons (Fsp3) is 0.421. The van der Waals surface area contributed by atoms with E-state index in [1.807, 2.05) is 6.07 Å². The summed E-state index contributed by atoms with van der Waals surface area (Å²) in [4.78, 5) is 9.06. The molecule has 4 N–H and O–H groups in total. The number of hydrogen-bond acceptors (Lipinski definition) is 8. The second-order valence-electron chi connectivity index (χ2n) is 7.52. The molecule has 0 radical (unpaired) electrons. The Bertz CT molecular complexity index is 1090. The minimum Gasteiger partial charge on any atom is -0.367 e. The van der Waals surface area contributed by atoms with Crippen LogP contribution in [-0.4, -0.2) is 46.3 Å². The van der Waals surface area contributed by atoms with Crippen LogP contribution in [0.5, 0.6) is 0 Å². The van der Waals surface area contributed by atoms with Crippen LogP contribution in [-0.2, 0) is 16.4 Å². The third-order valence-corrected chi connectivity index (χ3v) is 6.33. The molecule has 0 unspecified atom stereocenters. The van der Waals surface area contributed by atoms with Crippen molar-refractivity contribution in [3.05, 3.63) is 42.2 Å².